The summed E-state index contributed by atoms with van der Waals surface area (Å²) in [7, 11) is 0. The number of imidazole rings is 1. The van der Waals surface area contributed by atoms with Crippen molar-refractivity contribution in [3.05, 3.63) is 90.9 Å². The lowest BCUT2D eigenvalue weighted by Crippen LogP contribution is -2.40. The molecule has 34 heavy (non-hydrogen) atoms. The van der Waals surface area contributed by atoms with E-state index in [0.29, 0.717) is 32.1 Å². The Morgan fingerprint density at radius 2 is 1.97 bits per heavy atom. The van der Waals surface area contributed by atoms with Crippen LogP contribution in [0.25, 0.3) is 5.82 Å². The Morgan fingerprint density at radius 1 is 1.09 bits per heavy atom. The maximum absolute atomic E-state index is 13.1. The summed E-state index contributed by atoms with van der Waals surface area (Å²) in [6.07, 6.45) is 11.6. The zero-order valence-electron chi connectivity index (χ0n) is 19.2. The Hall–Kier alpha value is -4.14. The van der Waals surface area contributed by atoms with Crippen molar-refractivity contribution >= 4 is 6.03 Å². The molecule has 1 N–H and O–H groups in total. The van der Waals surface area contributed by atoms with E-state index in [1.165, 1.54) is 0 Å². The number of pyridine rings is 1. The highest BCUT2D eigenvalue weighted by atomic mass is 16.5. The van der Waals surface area contributed by atoms with Crippen LogP contribution in [0.4, 0.5) is 4.79 Å². The van der Waals surface area contributed by atoms with Crippen LogP contribution in [0.2, 0.25) is 0 Å². The van der Waals surface area contributed by atoms with Gasteiger partial charge < -0.3 is 19.5 Å². The smallest absolute Gasteiger partial charge is 0.317 e. The molecule has 0 spiro atoms. The van der Waals surface area contributed by atoms with Gasteiger partial charge in [0.25, 0.3) is 0 Å². The number of carbonyl (C=O) groups is 1. The van der Waals surface area contributed by atoms with Crippen molar-refractivity contribution in [2.45, 2.75) is 33.0 Å². The third-order valence-electron chi connectivity index (χ3n) is 5.29. The van der Waals surface area contributed by atoms with Gasteiger partial charge in [-0.2, -0.15) is 5.10 Å². The van der Waals surface area contributed by atoms with Crippen molar-refractivity contribution in [1.82, 2.24) is 34.5 Å². The number of hydrogen-bond acceptors (Lipinski definition) is 5. The van der Waals surface area contributed by atoms with Gasteiger partial charge >= 0.3 is 6.03 Å². The van der Waals surface area contributed by atoms with E-state index in [4.69, 9.17) is 4.74 Å². The van der Waals surface area contributed by atoms with E-state index >= 15 is 0 Å². The topological polar surface area (TPSA) is 90.1 Å². The van der Waals surface area contributed by atoms with E-state index in [9.17, 15) is 4.79 Å². The third-order valence-corrected chi connectivity index (χ3v) is 5.29. The average Bonchev–Trinajstić information content (AvgIpc) is 3.58. The molecule has 2 amide bonds. The van der Waals surface area contributed by atoms with E-state index < -0.39 is 0 Å². The first kappa shape index (κ1) is 23.0. The van der Waals surface area contributed by atoms with Gasteiger partial charge in [-0.05, 0) is 54.8 Å². The summed E-state index contributed by atoms with van der Waals surface area (Å²) in [6.45, 7) is 4.91. The molecule has 0 aliphatic rings. The Bertz CT molecular complexity index is 1140. The molecule has 4 aromatic rings. The molecule has 0 bridgehead atoms. The van der Waals surface area contributed by atoms with E-state index in [1.807, 2.05) is 71.2 Å². The standard InChI is InChI=1S/C25H29N7O2/c1-2-34-23-7-5-21(6-8-23)19-31(14-4-13-30-16-12-26-20-30)25(33)28-18-22-9-11-27-24(17-22)32-15-3-10-29-32/h3,5-12,15-17,20H,2,4,13-14,18-19H2,1H3,(H,28,33). The summed E-state index contributed by atoms with van der Waals surface area (Å²) < 4.78 is 9.24. The van der Waals surface area contributed by atoms with E-state index in [0.717, 1.165) is 29.8 Å². The molecule has 176 valence electrons. The second-order valence-electron chi connectivity index (χ2n) is 7.78. The van der Waals surface area contributed by atoms with Gasteiger partial charge in [0.05, 0.1) is 12.9 Å². The number of nitrogens with zero attached hydrogens (tertiary/aromatic N) is 6. The van der Waals surface area contributed by atoms with Gasteiger partial charge in [0.15, 0.2) is 5.82 Å². The number of ether oxygens (including phenoxy) is 1. The fraction of sp³-hybridized carbons (Fsp3) is 0.280. The van der Waals surface area contributed by atoms with Crippen LogP contribution in [0.5, 0.6) is 5.75 Å². The number of aryl methyl sites for hydroxylation is 1. The minimum atomic E-state index is -0.114. The van der Waals surface area contributed by atoms with E-state index in [-0.39, 0.29) is 6.03 Å². The van der Waals surface area contributed by atoms with Gasteiger partial charge in [0.1, 0.15) is 5.75 Å². The van der Waals surface area contributed by atoms with Crippen LogP contribution in [0.3, 0.4) is 0 Å². The third kappa shape index (κ3) is 6.44. The fourth-order valence-corrected chi connectivity index (χ4v) is 3.58. The molecule has 3 heterocycles. The summed E-state index contributed by atoms with van der Waals surface area (Å²) in [4.78, 5) is 23.4. The Balaban J connectivity index is 1.39. The van der Waals surface area contributed by atoms with Crippen molar-refractivity contribution in [3.8, 4) is 11.6 Å². The van der Waals surface area contributed by atoms with Crippen LogP contribution >= 0.6 is 0 Å². The summed E-state index contributed by atoms with van der Waals surface area (Å²) >= 11 is 0. The maximum atomic E-state index is 13.1. The molecule has 1 aromatic carbocycles. The normalized spacial score (nSPS) is 10.7. The molecule has 0 aliphatic heterocycles. The second-order valence-corrected chi connectivity index (χ2v) is 7.78. The molecule has 0 saturated carbocycles. The van der Waals surface area contributed by atoms with Crippen LogP contribution in [0.15, 0.2) is 79.8 Å². The van der Waals surface area contributed by atoms with Crippen molar-refractivity contribution in [3.63, 3.8) is 0 Å². The van der Waals surface area contributed by atoms with Gasteiger partial charge in [-0.3, -0.25) is 0 Å². The first-order chi connectivity index (χ1) is 16.7. The molecule has 0 aliphatic carbocycles. The molecule has 0 saturated heterocycles. The number of amides is 2. The number of urea groups is 1. The van der Waals surface area contributed by atoms with Gasteiger partial charge in [-0.25, -0.2) is 19.4 Å². The lowest BCUT2D eigenvalue weighted by Gasteiger charge is -2.24. The molecule has 0 radical (unpaired) electrons. The summed E-state index contributed by atoms with van der Waals surface area (Å²) in [5.74, 6) is 1.54. The number of carbonyl (C=O) groups excluding carboxylic acids is 1. The minimum Gasteiger partial charge on any atom is -0.494 e. The molecule has 3 aromatic heterocycles. The largest absolute Gasteiger partial charge is 0.494 e. The van der Waals surface area contributed by atoms with Gasteiger partial charge in [0.2, 0.25) is 0 Å². The lowest BCUT2D eigenvalue weighted by atomic mass is 10.2. The molecule has 0 unspecified atom stereocenters. The second kappa shape index (κ2) is 11.6. The quantitative estimate of drug-likeness (QED) is 0.370. The van der Waals surface area contributed by atoms with E-state index in [1.54, 1.807) is 29.6 Å². The Kier molecular flexibility index (Phi) is 7.89. The van der Waals surface area contributed by atoms with Crippen LogP contribution < -0.4 is 10.1 Å². The number of rotatable bonds is 11. The SMILES string of the molecule is CCOc1ccc(CN(CCCn2ccnc2)C(=O)NCc2ccnc(-n3cccn3)c2)cc1. The van der Waals surface area contributed by atoms with Crippen molar-refractivity contribution in [1.29, 1.82) is 0 Å². The zero-order valence-corrected chi connectivity index (χ0v) is 19.2. The molecule has 4 rings (SSSR count). The molecular formula is C25H29N7O2. The molecule has 9 heteroatoms. The molecule has 0 atom stereocenters. The fourth-order valence-electron chi connectivity index (χ4n) is 3.58. The summed E-state index contributed by atoms with van der Waals surface area (Å²) in [6, 6.07) is 13.4. The summed E-state index contributed by atoms with van der Waals surface area (Å²) in [5.41, 5.74) is 2.00. The van der Waals surface area contributed by atoms with Gasteiger partial charge in [-0.1, -0.05) is 12.1 Å². The maximum Gasteiger partial charge on any atom is 0.317 e. The predicted octanol–water partition coefficient (Wildman–Crippen LogP) is 3.66. The lowest BCUT2D eigenvalue weighted by molar-refractivity contribution is 0.193. The Morgan fingerprint density at radius 3 is 2.71 bits per heavy atom. The predicted molar refractivity (Wildman–Crippen MR) is 128 cm³/mol. The van der Waals surface area contributed by atoms with Gasteiger partial charge in [-0.15, -0.1) is 0 Å². The molecule has 9 nitrogen and oxygen atoms in total. The number of hydrogen-bond donors (Lipinski definition) is 1. The highest BCUT2D eigenvalue weighted by molar-refractivity contribution is 5.74. The van der Waals surface area contributed by atoms with Gasteiger partial charge in [0, 0.05) is 57.2 Å². The van der Waals surface area contributed by atoms with E-state index in [2.05, 4.69) is 20.4 Å². The summed E-state index contributed by atoms with van der Waals surface area (Å²) in [5, 5.41) is 7.27. The first-order valence-corrected chi connectivity index (χ1v) is 11.4. The van der Waals surface area contributed by atoms with Crippen LogP contribution in [-0.4, -0.2) is 48.4 Å². The zero-order chi connectivity index (χ0) is 23.6. The monoisotopic (exact) mass is 459 g/mol. The average molecular weight is 460 g/mol. The van der Waals surface area contributed by atoms with Crippen LogP contribution in [0.1, 0.15) is 24.5 Å². The highest BCUT2D eigenvalue weighted by Crippen LogP contribution is 2.14. The first-order valence-electron chi connectivity index (χ1n) is 11.4. The van der Waals surface area contributed by atoms with Crippen molar-refractivity contribution in [2.75, 3.05) is 13.2 Å². The molecular weight excluding hydrogens is 430 g/mol. The number of benzene rings is 1. The highest BCUT2D eigenvalue weighted by Gasteiger charge is 2.14. The minimum absolute atomic E-state index is 0.114. The van der Waals surface area contributed by atoms with Crippen molar-refractivity contribution in [2.24, 2.45) is 0 Å². The number of aromatic nitrogens is 5. The van der Waals surface area contributed by atoms with Crippen molar-refractivity contribution < 1.29 is 9.53 Å². The van der Waals surface area contributed by atoms with Crippen LogP contribution in [-0.2, 0) is 19.6 Å². The number of nitrogens with one attached hydrogen (secondary N) is 1. The molecule has 0 fully saturated rings. The van der Waals surface area contributed by atoms with Crippen LogP contribution in [0, 0.1) is 0 Å². The Labute approximate surface area is 199 Å².